The van der Waals surface area contributed by atoms with Crippen molar-refractivity contribution in [1.29, 1.82) is 0 Å². The fraction of sp³-hybridized carbons (Fsp3) is 0.0952. The molecule has 5 nitrogen and oxygen atoms in total. The second-order valence-electron chi connectivity index (χ2n) is 6.28. The lowest BCUT2D eigenvalue weighted by Crippen LogP contribution is -2.38. The Hall–Kier alpha value is -2.54. The van der Waals surface area contributed by atoms with Gasteiger partial charge in [0.05, 0.1) is 21.3 Å². The van der Waals surface area contributed by atoms with Crippen LogP contribution in [-0.2, 0) is 14.8 Å². The van der Waals surface area contributed by atoms with Crippen LogP contribution in [0, 0.1) is 6.92 Å². The van der Waals surface area contributed by atoms with Gasteiger partial charge < -0.3 is 5.32 Å². The van der Waals surface area contributed by atoms with Crippen LogP contribution in [0.25, 0.3) is 0 Å². The third-order valence-corrected chi connectivity index (χ3v) is 6.53. The zero-order valence-corrected chi connectivity index (χ0v) is 17.8. The Morgan fingerprint density at radius 2 is 1.62 bits per heavy atom. The van der Waals surface area contributed by atoms with Crippen molar-refractivity contribution in [3.63, 3.8) is 0 Å². The summed E-state index contributed by atoms with van der Waals surface area (Å²) in [5.41, 5.74) is 1.40. The fourth-order valence-electron chi connectivity index (χ4n) is 2.80. The normalized spacial score (nSPS) is 11.1. The molecule has 0 radical (unpaired) electrons. The summed E-state index contributed by atoms with van der Waals surface area (Å²) in [4.78, 5) is 12.8. The lowest BCUT2D eigenvalue weighted by Gasteiger charge is -2.25. The van der Waals surface area contributed by atoms with Gasteiger partial charge in [-0.2, -0.15) is 0 Å². The van der Waals surface area contributed by atoms with E-state index in [0.717, 1.165) is 4.31 Å². The number of halogens is 2. The Kier molecular flexibility index (Phi) is 6.47. The van der Waals surface area contributed by atoms with Crippen molar-refractivity contribution in [1.82, 2.24) is 0 Å². The highest BCUT2D eigenvalue weighted by Crippen LogP contribution is 2.29. The van der Waals surface area contributed by atoms with Crippen LogP contribution in [0.2, 0.25) is 10.0 Å². The highest BCUT2D eigenvalue weighted by atomic mass is 35.5. The molecule has 3 rings (SSSR count). The SMILES string of the molecule is Cc1cc(Cl)ccc1N(CC(=O)Nc1ccccc1Cl)S(=O)(=O)c1ccccc1. The van der Waals surface area contributed by atoms with E-state index in [2.05, 4.69) is 5.32 Å². The number of sulfonamides is 1. The standard InChI is InChI=1S/C21H18Cl2N2O3S/c1-15-13-16(22)11-12-20(15)25(29(27,28)17-7-3-2-4-8-17)14-21(26)24-19-10-6-5-9-18(19)23/h2-13H,14H2,1H3,(H,24,26). The van der Waals surface area contributed by atoms with Crippen LogP contribution >= 0.6 is 23.2 Å². The lowest BCUT2D eigenvalue weighted by atomic mass is 10.2. The molecule has 1 amide bonds. The summed E-state index contributed by atoms with van der Waals surface area (Å²) in [6.07, 6.45) is 0. The van der Waals surface area contributed by atoms with Crippen LogP contribution in [0.3, 0.4) is 0 Å². The molecule has 3 aromatic carbocycles. The summed E-state index contributed by atoms with van der Waals surface area (Å²) in [6.45, 7) is 1.31. The molecule has 29 heavy (non-hydrogen) atoms. The first-order chi connectivity index (χ1) is 13.8. The average Bonchev–Trinajstić information content (AvgIpc) is 2.69. The number of hydrogen-bond acceptors (Lipinski definition) is 3. The number of aryl methyl sites for hydroxylation is 1. The van der Waals surface area contributed by atoms with Crippen LogP contribution in [0.15, 0.2) is 77.7 Å². The van der Waals surface area contributed by atoms with E-state index in [1.165, 1.54) is 12.1 Å². The van der Waals surface area contributed by atoms with Crippen molar-refractivity contribution in [3.8, 4) is 0 Å². The molecule has 0 aliphatic carbocycles. The van der Waals surface area contributed by atoms with Gasteiger partial charge in [0.15, 0.2) is 0 Å². The first-order valence-corrected chi connectivity index (χ1v) is 10.9. The van der Waals surface area contributed by atoms with Crippen LogP contribution < -0.4 is 9.62 Å². The highest BCUT2D eigenvalue weighted by molar-refractivity contribution is 7.92. The van der Waals surface area contributed by atoms with E-state index in [1.807, 2.05) is 0 Å². The summed E-state index contributed by atoms with van der Waals surface area (Å²) in [6, 6.07) is 19.5. The molecule has 3 aromatic rings. The van der Waals surface area contributed by atoms with Crippen LogP contribution in [0.1, 0.15) is 5.56 Å². The van der Waals surface area contributed by atoms with E-state index in [-0.39, 0.29) is 4.90 Å². The number of rotatable bonds is 6. The van der Waals surface area contributed by atoms with E-state index in [4.69, 9.17) is 23.2 Å². The number of anilines is 2. The highest BCUT2D eigenvalue weighted by Gasteiger charge is 2.28. The third kappa shape index (κ3) is 4.90. The maximum Gasteiger partial charge on any atom is 0.264 e. The number of carbonyl (C=O) groups excluding carboxylic acids is 1. The molecular formula is C21H18Cl2N2O3S. The monoisotopic (exact) mass is 448 g/mol. The molecule has 0 saturated carbocycles. The van der Waals surface area contributed by atoms with E-state index in [1.54, 1.807) is 67.6 Å². The number of hydrogen-bond donors (Lipinski definition) is 1. The van der Waals surface area contributed by atoms with Gasteiger partial charge in [-0.15, -0.1) is 0 Å². The number of para-hydroxylation sites is 1. The van der Waals surface area contributed by atoms with E-state index in [0.29, 0.717) is 27.0 Å². The smallest absolute Gasteiger partial charge is 0.264 e. The zero-order chi connectivity index (χ0) is 21.0. The van der Waals surface area contributed by atoms with Gasteiger partial charge in [-0.05, 0) is 55.0 Å². The maximum atomic E-state index is 13.3. The van der Waals surface area contributed by atoms with E-state index < -0.39 is 22.5 Å². The predicted molar refractivity (Wildman–Crippen MR) is 117 cm³/mol. The number of amides is 1. The lowest BCUT2D eigenvalue weighted by molar-refractivity contribution is -0.114. The summed E-state index contributed by atoms with van der Waals surface area (Å²) >= 11 is 12.1. The minimum absolute atomic E-state index is 0.0832. The van der Waals surface area contributed by atoms with Crippen LogP contribution in [0.4, 0.5) is 11.4 Å². The Balaban J connectivity index is 1.99. The summed E-state index contributed by atoms with van der Waals surface area (Å²) in [5.74, 6) is -0.521. The quantitative estimate of drug-likeness (QED) is 0.567. The van der Waals surface area contributed by atoms with Gasteiger partial charge in [0, 0.05) is 5.02 Å². The second-order valence-corrected chi connectivity index (χ2v) is 8.99. The molecule has 0 aliphatic rings. The maximum absolute atomic E-state index is 13.3. The second kappa shape index (κ2) is 8.86. The first-order valence-electron chi connectivity index (χ1n) is 8.67. The average molecular weight is 449 g/mol. The first kappa shape index (κ1) is 21.2. The van der Waals surface area contributed by atoms with Crippen molar-refractivity contribution in [2.24, 2.45) is 0 Å². The molecule has 0 aromatic heterocycles. The van der Waals surface area contributed by atoms with Crippen LogP contribution in [-0.4, -0.2) is 20.9 Å². The zero-order valence-electron chi connectivity index (χ0n) is 15.5. The summed E-state index contributed by atoms with van der Waals surface area (Å²) in [7, 11) is -3.99. The molecule has 0 fully saturated rings. The van der Waals surface area contributed by atoms with Gasteiger partial charge in [-0.1, -0.05) is 53.5 Å². The summed E-state index contributed by atoms with van der Waals surface area (Å²) < 4.78 is 27.7. The molecule has 0 spiro atoms. The molecule has 0 aliphatic heterocycles. The van der Waals surface area contributed by atoms with Crippen LogP contribution in [0.5, 0.6) is 0 Å². The Morgan fingerprint density at radius 3 is 2.28 bits per heavy atom. The third-order valence-electron chi connectivity index (χ3n) is 4.19. The van der Waals surface area contributed by atoms with Crippen molar-refractivity contribution in [2.45, 2.75) is 11.8 Å². The molecule has 0 heterocycles. The molecule has 0 bridgehead atoms. The Bertz CT molecular complexity index is 1140. The van der Waals surface area contributed by atoms with Crippen molar-refractivity contribution >= 4 is 50.5 Å². The number of carbonyl (C=O) groups is 1. The molecule has 0 unspecified atom stereocenters. The van der Waals surface area contributed by atoms with Crippen molar-refractivity contribution in [2.75, 3.05) is 16.2 Å². The predicted octanol–water partition coefficient (Wildman–Crippen LogP) is 5.14. The van der Waals surface area contributed by atoms with Gasteiger partial charge in [0.2, 0.25) is 5.91 Å². The molecule has 0 atom stereocenters. The molecule has 8 heteroatoms. The van der Waals surface area contributed by atoms with Gasteiger partial charge in [-0.3, -0.25) is 9.10 Å². The van der Waals surface area contributed by atoms with Crippen molar-refractivity contribution in [3.05, 3.63) is 88.4 Å². The molecule has 1 N–H and O–H groups in total. The van der Waals surface area contributed by atoms with Gasteiger partial charge in [0.25, 0.3) is 10.0 Å². The summed E-state index contributed by atoms with van der Waals surface area (Å²) in [5, 5.41) is 3.50. The molecule has 150 valence electrons. The minimum Gasteiger partial charge on any atom is -0.323 e. The number of nitrogens with zero attached hydrogens (tertiary/aromatic N) is 1. The molecular weight excluding hydrogens is 431 g/mol. The largest absolute Gasteiger partial charge is 0.323 e. The topological polar surface area (TPSA) is 66.5 Å². The fourth-order valence-corrected chi connectivity index (χ4v) is 4.72. The van der Waals surface area contributed by atoms with E-state index >= 15 is 0 Å². The van der Waals surface area contributed by atoms with Gasteiger partial charge >= 0.3 is 0 Å². The van der Waals surface area contributed by atoms with Gasteiger partial charge in [0.1, 0.15) is 6.54 Å². The number of nitrogens with one attached hydrogen (secondary N) is 1. The van der Waals surface area contributed by atoms with Gasteiger partial charge in [-0.25, -0.2) is 8.42 Å². The van der Waals surface area contributed by atoms with E-state index in [9.17, 15) is 13.2 Å². The number of benzene rings is 3. The Labute approximate surface area is 179 Å². The minimum atomic E-state index is -3.99. The Morgan fingerprint density at radius 1 is 0.966 bits per heavy atom. The van der Waals surface area contributed by atoms with Crippen molar-refractivity contribution < 1.29 is 13.2 Å². The molecule has 0 saturated heterocycles.